The number of allylic oxidation sites excluding steroid dienone is 1. The molecule has 22 heavy (non-hydrogen) atoms. The van der Waals surface area contributed by atoms with Crippen molar-refractivity contribution in [3.8, 4) is 11.5 Å². The minimum absolute atomic E-state index is 0.0961. The summed E-state index contributed by atoms with van der Waals surface area (Å²) < 4.78 is 15.8. The molecule has 2 atom stereocenters. The third-order valence-corrected chi connectivity index (χ3v) is 3.82. The average Bonchev–Trinajstić information content (AvgIpc) is 2.94. The zero-order valence-electron chi connectivity index (χ0n) is 12.1. The minimum Gasteiger partial charge on any atom is -0.511 e. The van der Waals surface area contributed by atoms with Crippen LogP contribution >= 0.6 is 0 Å². The topological polar surface area (TPSA) is 82.1 Å². The largest absolute Gasteiger partial charge is 0.511 e. The second kappa shape index (κ2) is 5.71. The third-order valence-electron chi connectivity index (χ3n) is 3.82. The number of esters is 1. The Hall–Kier alpha value is -2.50. The van der Waals surface area contributed by atoms with Gasteiger partial charge in [-0.3, -0.25) is 9.59 Å². The van der Waals surface area contributed by atoms with Crippen LogP contribution in [0.2, 0.25) is 0 Å². The number of ketones is 1. The summed E-state index contributed by atoms with van der Waals surface area (Å²) in [5.41, 5.74) is 0.668. The van der Waals surface area contributed by atoms with Gasteiger partial charge in [0.1, 0.15) is 11.7 Å². The molecule has 1 aromatic rings. The van der Waals surface area contributed by atoms with E-state index in [9.17, 15) is 14.7 Å². The highest BCUT2D eigenvalue weighted by molar-refractivity contribution is 5.94. The Balaban J connectivity index is 2.03. The van der Waals surface area contributed by atoms with Crippen molar-refractivity contribution in [3.63, 3.8) is 0 Å². The van der Waals surface area contributed by atoms with Gasteiger partial charge in [0.05, 0.1) is 6.61 Å². The molecule has 1 aliphatic carbocycles. The van der Waals surface area contributed by atoms with Crippen molar-refractivity contribution < 1.29 is 28.9 Å². The Bertz CT molecular complexity index is 648. The first-order valence-electron chi connectivity index (χ1n) is 7.10. The van der Waals surface area contributed by atoms with E-state index in [1.54, 1.807) is 25.1 Å². The SMILES string of the molecule is CCOC(=O)C1C(O)=CC(=O)CC1c1cccc2c1OCO2. The summed E-state index contributed by atoms with van der Waals surface area (Å²) in [7, 11) is 0. The summed E-state index contributed by atoms with van der Waals surface area (Å²) in [6.07, 6.45) is 1.20. The van der Waals surface area contributed by atoms with Crippen LogP contribution in [-0.2, 0) is 14.3 Å². The fourth-order valence-electron chi connectivity index (χ4n) is 2.91. The Morgan fingerprint density at radius 1 is 1.41 bits per heavy atom. The molecule has 0 radical (unpaired) electrons. The lowest BCUT2D eigenvalue weighted by molar-refractivity contribution is -0.148. The highest BCUT2D eigenvalue weighted by Crippen LogP contribution is 2.45. The molecule has 1 N–H and O–H groups in total. The first-order valence-corrected chi connectivity index (χ1v) is 7.10. The molecule has 0 bridgehead atoms. The lowest BCUT2D eigenvalue weighted by atomic mass is 9.77. The van der Waals surface area contributed by atoms with Gasteiger partial charge in [0.2, 0.25) is 6.79 Å². The number of aliphatic hydroxyl groups is 1. The molecule has 3 rings (SSSR count). The molecule has 116 valence electrons. The van der Waals surface area contributed by atoms with Crippen LogP contribution < -0.4 is 9.47 Å². The summed E-state index contributed by atoms with van der Waals surface area (Å²) in [5, 5.41) is 10.1. The van der Waals surface area contributed by atoms with Gasteiger partial charge in [-0.25, -0.2) is 0 Å². The minimum atomic E-state index is -0.909. The fourth-order valence-corrected chi connectivity index (χ4v) is 2.91. The number of carbonyl (C=O) groups is 2. The van der Waals surface area contributed by atoms with E-state index >= 15 is 0 Å². The number of hydrogen-bond acceptors (Lipinski definition) is 6. The molecule has 1 aromatic carbocycles. The highest BCUT2D eigenvalue weighted by Gasteiger charge is 2.41. The first-order chi connectivity index (χ1) is 10.6. The fraction of sp³-hybridized carbons (Fsp3) is 0.375. The smallest absolute Gasteiger partial charge is 0.317 e. The van der Waals surface area contributed by atoms with E-state index in [1.165, 1.54) is 0 Å². The van der Waals surface area contributed by atoms with Gasteiger partial charge in [-0.1, -0.05) is 12.1 Å². The van der Waals surface area contributed by atoms with Crippen molar-refractivity contribution >= 4 is 11.8 Å². The van der Waals surface area contributed by atoms with E-state index in [0.717, 1.165) is 6.08 Å². The summed E-state index contributed by atoms with van der Waals surface area (Å²) in [5.74, 6) is -1.41. The van der Waals surface area contributed by atoms with Crippen molar-refractivity contribution in [2.24, 2.45) is 5.92 Å². The van der Waals surface area contributed by atoms with E-state index in [2.05, 4.69) is 0 Å². The maximum absolute atomic E-state index is 12.2. The number of fused-ring (bicyclic) bond motifs is 1. The molecule has 0 saturated heterocycles. The quantitative estimate of drug-likeness (QED) is 0.861. The molecule has 0 aromatic heterocycles. The van der Waals surface area contributed by atoms with Crippen LogP contribution in [0.1, 0.15) is 24.8 Å². The molecule has 1 aliphatic heterocycles. The molecular formula is C16H16O6. The van der Waals surface area contributed by atoms with Gasteiger partial charge in [0.25, 0.3) is 0 Å². The normalized spacial score (nSPS) is 23.1. The molecule has 0 fully saturated rings. The maximum atomic E-state index is 12.2. The van der Waals surface area contributed by atoms with Crippen LogP contribution in [0.25, 0.3) is 0 Å². The monoisotopic (exact) mass is 304 g/mol. The molecule has 6 heteroatoms. The number of rotatable bonds is 3. The van der Waals surface area contributed by atoms with E-state index < -0.39 is 17.8 Å². The van der Waals surface area contributed by atoms with E-state index in [1.807, 2.05) is 0 Å². The lowest BCUT2D eigenvalue weighted by Gasteiger charge is -2.28. The molecule has 1 heterocycles. The number of hydrogen-bond donors (Lipinski definition) is 1. The van der Waals surface area contributed by atoms with E-state index in [-0.39, 0.29) is 31.4 Å². The zero-order valence-corrected chi connectivity index (χ0v) is 12.1. The van der Waals surface area contributed by atoms with Gasteiger partial charge in [0, 0.05) is 24.0 Å². The number of para-hydroxylation sites is 1. The van der Waals surface area contributed by atoms with Crippen LogP contribution in [0.3, 0.4) is 0 Å². The second-order valence-corrected chi connectivity index (χ2v) is 5.16. The second-order valence-electron chi connectivity index (χ2n) is 5.16. The highest BCUT2D eigenvalue weighted by atomic mass is 16.7. The Morgan fingerprint density at radius 3 is 3.00 bits per heavy atom. The Kier molecular flexibility index (Phi) is 3.75. The maximum Gasteiger partial charge on any atom is 0.317 e. The van der Waals surface area contributed by atoms with Crippen LogP contribution in [0.15, 0.2) is 30.0 Å². The van der Waals surface area contributed by atoms with Crippen LogP contribution in [0.5, 0.6) is 11.5 Å². The Morgan fingerprint density at radius 2 is 2.23 bits per heavy atom. The van der Waals surface area contributed by atoms with Gasteiger partial charge in [-0.05, 0) is 13.0 Å². The average molecular weight is 304 g/mol. The molecule has 0 spiro atoms. The van der Waals surface area contributed by atoms with Crippen molar-refractivity contribution in [2.45, 2.75) is 19.3 Å². The summed E-state index contributed by atoms with van der Waals surface area (Å²) >= 11 is 0. The van der Waals surface area contributed by atoms with Crippen molar-refractivity contribution in [1.82, 2.24) is 0 Å². The Labute approximate surface area is 127 Å². The molecule has 2 aliphatic rings. The van der Waals surface area contributed by atoms with E-state index in [4.69, 9.17) is 14.2 Å². The van der Waals surface area contributed by atoms with Crippen molar-refractivity contribution in [2.75, 3.05) is 13.4 Å². The predicted octanol–water partition coefficient (Wildman–Crippen LogP) is 2.09. The van der Waals surface area contributed by atoms with Gasteiger partial charge in [0.15, 0.2) is 17.3 Å². The lowest BCUT2D eigenvalue weighted by Crippen LogP contribution is -2.31. The molecular weight excluding hydrogens is 288 g/mol. The van der Waals surface area contributed by atoms with Gasteiger partial charge < -0.3 is 19.3 Å². The zero-order chi connectivity index (χ0) is 15.7. The van der Waals surface area contributed by atoms with Gasteiger partial charge in [-0.2, -0.15) is 0 Å². The number of ether oxygens (including phenoxy) is 3. The van der Waals surface area contributed by atoms with Gasteiger partial charge in [-0.15, -0.1) is 0 Å². The molecule has 2 unspecified atom stereocenters. The molecule has 0 saturated carbocycles. The summed E-state index contributed by atoms with van der Waals surface area (Å²) in [6.45, 7) is 1.99. The number of aliphatic hydroxyl groups excluding tert-OH is 1. The molecule has 0 amide bonds. The molecule has 6 nitrogen and oxygen atoms in total. The number of carbonyl (C=O) groups excluding carboxylic acids is 2. The van der Waals surface area contributed by atoms with Gasteiger partial charge >= 0.3 is 5.97 Å². The number of benzene rings is 1. The standard InChI is InChI=1S/C16H16O6/c1-2-20-16(19)14-11(6-9(17)7-12(14)18)10-4-3-5-13-15(10)22-8-21-13/h3-5,7,11,14,18H,2,6,8H2,1H3. The third kappa shape index (κ3) is 2.41. The summed E-state index contributed by atoms with van der Waals surface area (Å²) in [6, 6.07) is 5.30. The van der Waals surface area contributed by atoms with Crippen LogP contribution in [-0.4, -0.2) is 30.3 Å². The predicted molar refractivity (Wildman–Crippen MR) is 75.8 cm³/mol. The van der Waals surface area contributed by atoms with Crippen LogP contribution in [0.4, 0.5) is 0 Å². The van der Waals surface area contributed by atoms with Crippen molar-refractivity contribution in [3.05, 3.63) is 35.6 Å². The van der Waals surface area contributed by atoms with E-state index in [0.29, 0.717) is 17.1 Å². The van der Waals surface area contributed by atoms with Crippen LogP contribution in [0, 0.1) is 5.92 Å². The van der Waals surface area contributed by atoms with Crippen molar-refractivity contribution in [1.29, 1.82) is 0 Å². The first kappa shape index (κ1) is 14.4. The summed E-state index contributed by atoms with van der Waals surface area (Å²) in [4.78, 5) is 24.0.